The number of furan rings is 3. The van der Waals surface area contributed by atoms with Crippen LogP contribution in [0.15, 0.2) is 274 Å². The third kappa shape index (κ3) is 13.4. The van der Waals surface area contributed by atoms with Crippen LogP contribution in [0.25, 0.3) is 166 Å². The zero-order valence-corrected chi connectivity index (χ0v) is 86.0. The minimum absolute atomic E-state index is 0.0144. The molecule has 0 N–H and O–H groups in total. The molecule has 3 aromatic heterocycles. The van der Waals surface area contributed by atoms with E-state index in [4.69, 9.17) is 13.3 Å². The molecule has 3 nitrogen and oxygen atoms in total. The maximum absolute atomic E-state index is 7.59. The van der Waals surface area contributed by atoms with Crippen LogP contribution >= 0.6 is 0 Å². The van der Waals surface area contributed by atoms with Gasteiger partial charge in [0.25, 0.3) is 0 Å². The second kappa shape index (κ2) is 34.0. The highest BCUT2D eigenvalue weighted by molar-refractivity contribution is 6.24. The summed E-state index contributed by atoms with van der Waals surface area (Å²) in [5.74, 6) is 0.0857. The Morgan fingerprint density at radius 2 is 0.539 bits per heavy atom. The fraction of sp³-hybridized carbons (Fsp3) is 0.348. The van der Waals surface area contributed by atoms with Crippen LogP contribution in [-0.2, 0) is 50.7 Å². The molecule has 0 spiro atoms. The molecule has 0 radical (unpaired) electrons. The molecule has 0 bridgehead atoms. The van der Waals surface area contributed by atoms with E-state index in [0.717, 1.165) is 59.2 Å². The summed E-state index contributed by atoms with van der Waals surface area (Å²) < 4.78 is 22.1. The van der Waals surface area contributed by atoms with Gasteiger partial charge in [0.05, 0.1) is 0 Å². The second-order valence-corrected chi connectivity index (χ2v) is 46.8. The fourth-order valence-electron chi connectivity index (χ4n) is 29.8. The zero-order chi connectivity index (χ0) is 96.1. The Balaban J connectivity index is 0.636. The molecule has 141 heavy (non-hydrogen) atoms. The quantitative estimate of drug-likeness (QED) is 0.0407. The summed E-state index contributed by atoms with van der Waals surface area (Å²) in [6, 6.07) is 104. The molecule has 1 atom stereocenters. The average molecular weight is 1840 g/mol. The highest BCUT2D eigenvalue weighted by atomic mass is 16.3. The number of fused-ring (bicyclic) bond motifs is 37. The summed E-state index contributed by atoms with van der Waals surface area (Å²) in [7, 11) is 0. The Morgan fingerprint density at radius 1 is 0.220 bits per heavy atom. The SMILES string of the molecule is CCCCCCCC1(CCCCCCC)c2ccccc2-c2ccc(-c3ccc4c(c3)C(C)(C)c3cc(-c5cc6c(c7c5oc5ccccc57)-c5ccc(CC(Cc7ccc8c(c7)C(C)(C)c7c9c(c%10oc%11ccccc%11c%10c7-8)-c7ccccc7C9(C)C)c7ccc8c(c7)C(C)(C)c7c9c(c%10oc%11ccccc%11c%10c7-8)-c7ccccc7C9(C)C)cc5C6(CCCCCCC)CCCCCCC)ccc3-4)cc21. The van der Waals surface area contributed by atoms with E-state index in [1.54, 1.807) is 11.1 Å². The van der Waals surface area contributed by atoms with E-state index >= 15 is 0 Å². The predicted molar refractivity (Wildman–Crippen MR) is 596 cm³/mol. The van der Waals surface area contributed by atoms with Gasteiger partial charge in [-0.2, -0.15) is 0 Å². The lowest BCUT2D eigenvalue weighted by atomic mass is 9.69. The third-order valence-electron chi connectivity index (χ3n) is 36.8. The van der Waals surface area contributed by atoms with Crippen LogP contribution in [-0.4, -0.2) is 0 Å². The molecule has 7 aliphatic carbocycles. The minimum Gasteiger partial charge on any atom is -0.455 e. The Hall–Kier alpha value is -12.3. The average Bonchev–Trinajstić information content (AvgIpc) is 1.50. The monoisotopic (exact) mass is 1840 g/mol. The number of benzene rings is 15. The predicted octanol–water partition coefficient (Wildman–Crippen LogP) is 39.8. The van der Waals surface area contributed by atoms with Gasteiger partial charge in [0.1, 0.15) is 33.5 Å². The summed E-state index contributed by atoms with van der Waals surface area (Å²) >= 11 is 0. The van der Waals surface area contributed by atoms with Crippen molar-refractivity contribution in [2.24, 2.45) is 0 Å². The van der Waals surface area contributed by atoms with Crippen molar-refractivity contribution in [3.05, 3.63) is 355 Å². The lowest BCUT2D eigenvalue weighted by Gasteiger charge is -2.34. The molecule has 0 fully saturated rings. The lowest BCUT2D eigenvalue weighted by molar-refractivity contribution is 0.398. The molecule has 0 saturated carbocycles. The highest BCUT2D eigenvalue weighted by Crippen LogP contribution is 2.68. The molecule has 7 aliphatic rings. The number of hydrogen-bond donors (Lipinski definition) is 0. The second-order valence-electron chi connectivity index (χ2n) is 46.8. The van der Waals surface area contributed by atoms with Crippen LogP contribution < -0.4 is 0 Å². The summed E-state index contributed by atoms with van der Waals surface area (Å²) in [4.78, 5) is 0. The Labute approximate surface area is 836 Å². The summed E-state index contributed by atoms with van der Waals surface area (Å²) in [6.07, 6.45) is 31.5. The first kappa shape index (κ1) is 90.0. The molecule has 25 rings (SSSR count). The minimum atomic E-state index is -0.368. The van der Waals surface area contributed by atoms with Gasteiger partial charge >= 0.3 is 0 Å². The third-order valence-corrected chi connectivity index (χ3v) is 36.8. The molecule has 0 saturated heterocycles. The molecule has 708 valence electrons. The molecule has 15 aromatic carbocycles. The van der Waals surface area contributed by atoms with E-state index in [9.17, 15) is 0 Å². The van der Waals surface area contributed by atoms with Crippen molar-refractivity contribution in [1.82, 2.24) is 0 Å². The van der Waals surface area contributed by atoms with E-state index in [1.165, 1.54) is 357 Å². The van der Waals surface area contributed by atoms with Crippen LogP contribution in [0.3, 0.4) is 0 Å². The largest absolute Gasteiger partial charge is 0.455 e. The van der Waals surface area contributed by atoms with Crippen LogP contribution in [0.1, 0.15) is 352 Å². The highest BCUT2D eigenvalue weighted by Gasteiger charge is 2.53. The Kier molecular flexibility index (Phi) is 21.7. The van der Waals surface area contributed by atoms with E-state index in [0.29, 0.717) is 0 Å². The van der Waals surface area contributed by atoms with Crippen molar-refractivity contribution in [2.45, 2.75) is 308 Å². The maximum Gasteiger partial charge on any atom is 0.144 e. The van der Waals surface area contributed by atoms with Crippen LogP contribution in [0, 0.1) is 0 Å². The van der Waals surface area contributed by atoms with Crippen molar-refractivity contribution in [3.8, 4) is 100 Å². The van der Waals surface area contributed by atoms with Crippen molar-refractivity contribution in [3.63, 3.8) is 0 Å². The molecule has 18 aromatic rings. The van der Waals surface area contributed by atoms with E-state index in [1.807, 2.05) is 0 Å². The first-order chi connectivity index (χ1) is 68.5. The van der Waals surface area contributed by atoms with Gasteiger partial charge in [-0.1, -0.05) is 444 Å². The van der Waals surface area contributed by atoms with Gasteiger partial charge in [-0.15, -0.1) is 0 Å². The first-order valence-corrected chi connectivity index (χ1v) is 54.7. The van der Waals surface area contributed by atoms with E-state index < -0.39 is 0 Å². The van der Waals surface area contributed by atoms with Gasteiger partial charge in [-0.3, -0.25) is 0 Å². The Bertz CT molecular complexity index is 8130. The van der Waals surface area contributed by atoms with Crippen molar-refractivity contribution in [1.29, 1.82) is 0 Å². The molecular weight excluding hydrogens is 1710 g/mol. The molecular formula is C138H138O3. The van der Waals surface area contributed by atoms with Gasteiger partial charge in [0, 0.05) is 86.9 Å². The summed E-state index contributed by atoms with van der Waals surface area (Å²) in [6.45, 7) is 34.5. The van der Waals surface area contributed by atoms with Gasteiger partial charge in [-0.25, -0.2) is 0 Å². The molecule has 1 unspecified atom stereocenters. The topological polar surface area (TPSA) is 39.4 Å². The van der Waals surface area contributed by atoms with Crippen molar-refractivity contribution in [2.75, 3.05) is 0 Å². The standard InChI is InChI=1S/C138H138O3/c1-15-19-23-27-43-71-137(72-44-28-24-20-16-2)106-55-39-31-47-91(106)94-68-62-87(81-112(94)137)86-61-67-92-93-69-64-89(82-109(93)132(5,6)108(92)79-86)103-83-113-117(120-100-50-34-40-56-114(100)139-129(103)120)99-66-60-85(78-111(99)138(113,73-45-29-25-21-17-3)74-46-30-26-22-18-4)76-90(88-63-70-98-110(80-88)136(13,14)126-119(98)122-102-52-36-42-58-116(102)141-131(122)124-96-49-33-38-54-105(96)134(9,10)128(124)126)75-84-59-65-97-107(77-84)135(11,12)125-118(97)121-101-51-35-41-57-115(101)140-130(121)123-95-48-32-37-53-104(95)133(7,8)127(123)125/h31-42,47-70,77-83,90H,15-30,43-46,71-76H2,1-14H3. The summed E-state index contributed by atoms with van der Waals surface area (Å²) in [5, 5.41) is 7.35. The van der Waals surface area contributed by atoms with Crippen LogP contribution in [0.4, 0.5) is 0 Å². The van der Waals surface area contributed by atoms with Crippen molar-refractivity contribution < 1.29 is 13.3 Å². The smallest absolute Gasteiger partial charge is 0.144 e. The van der Waals surface area contributed by atoms with Crippen molar-refractivity contribution >= 4 is 65.8 Å². The number of para-hydroxylation sites is 3. The van der Waals surface area contributed by atoms with Gasteiger partial charge in [-0.05, 0) is 265 Å². The lowest BCUT2D eigenvalue weighted by Crippen LogP contribution is -2.26. The number of rotatable bonds is 31. The van der Waals surface area contributed by atoms with Gasteiger partial charge in [0.15, 0.2) is 0 Å². The van der Waals surface area contributed by atoms with Gasteiger partial charge in [0.2, 0.25) is 0 Å². The zero-order valence-electron chi connectivity index (χ0n) is 86.0. The molecule has 0 aliphatic heterocycles. The van der Waals surface area contributed by atoms with Gasteiger partial charge < -0.3 is 13.3 Å². The maximum atomic E-state index is 7.59. The Morgan fingerprint density at radius 3 is 1.02 bits per heavy atom. The van der Waals surface area contributed by atoms with Crippen LogP contribution in [0.2, 0.25) is 0 Å². The fourth-order valence-corrected chi connectivity index (χ4v) is 29.8. The van der Waals surface area contributed by atoms with E-state index in [2.05, 4.69) is 358 Å². The van der Waals surface area contributed by atoms with E-state index in [-0.39, 0.29) is 43.8 Å². The molecule has 3 heteroatoms. The van der Waals surface area contributed by atoms with Crippen LogP contribution in [0.5, 0.6) is 0 Å². The normalized spacial score (nSPS) is 16.3. The first-order valence-electron chi connectivity index (χ1n) is 54.7. The number of hydrogen-bond acceptors (Lipinski definition) is 3. The molecule has 0 amide bonds. The summed E-state index contributed by atoms with van der Waals surface area (Å²) in [5.41, 5.74) is 52.5. The molecule has 3 heterocycles. The number of unbranched alkanes of at least 4 members (excludes halogenated alkanes) is 16.